The minimum Gasteiger partial charge on any atom is -0.378 e. The zero-order chi connectivity index (χ0) is 19.2. The van der Waals surface area contributed by atoms with Gasteiger partial charge in [-0.3, -0.25) is 14.4 Å². The molecule has 9 heteroatoms. The van der Waals surface area contributed by atoms with Crippen LogP contribution < -0.4 is 10.2 Å². The summed E-state index contributed by atoms with van der Waals surface area (Å²) in [7, 11) is 1.57. The number of likely N-dealkylation sites (N-methyl/N-ethyl adjacent to an activating group) is 1. The van der Waals surface area contributed by atoms with Gasteiger partial charge >= 0.3 is 0 Å². The Bertz CT molecular complexity index is 691. The van der Waals surface area contributed by atoms with Gasteiger partial charge in [-0.2, -0.15) is 0 Å². The molecule has 2 aliphatic rings. The molecule has 27 heavy (non-hydrogen) atoms. The van der Waals surface area contributed by atoms with Crippen molar-refractivity contribution < 1.29 is 19.1 Å². The molecule has 3 rings (SSSR count). The standard InChI is InChI=1S/C18H24N4O4S/c1-20(17(24)13-22-8-11-27-18(22)25)12-16(23)19-14-2-4-15(5-3-14)21-6-9-26-10-7-21/h2-5H,6-13H2,1H3,(H,19,23). The Morgan fingerprint density at radius 2 is 1.89 bits per heavy atom. The monoisotopic (exact) mass is 392 g/mol. The topological polar surface area (TPSA) is 82.2 Å². The van der Waals surface area contributed by atoms with E-state index in [9.17, 15) is 14.4 Å². The van der Waals surface area contributed by atoms with E-state index in [-0.39, 0.29) is 30.1 Å². The Labute approximate surface area is 162 Å². The number of thioether (sulfide) groups is 1. The van der Waals surface area contributed by atoms with Gasteiger partial charge in [-0.1, -0.05) is 11.8 Å². The number of anilines is 2. The van der Waals surface area contributed by atoms with Crippen molar-refractivity contribution >= 4 is 40.2 Å². The molecule has 1 N–H and O–H groups in total. The third-order valence-corrected chi connectivity index (χ3v) is 5.40. The highest BCUT2D eigenvalue weighted by atomic mass is 32.2. The SMILES string of the molecule is CN(CC(=O)Nc1ccc(N2CCOCC2)cc1)C(=O)CN1CCSC1=O. The number of carbonyl (C=O) groups is 3. The first-order valence-electron chi connectivity index (χ1n) is 8.91. The van der Waals surface area contributed by atoms with Crippen molar-refractivity contribution in [1.29, 1.82) is 0 Å². The van der Waals surface area contributed by atoms with Crippen LogP contribution in [0.3, 0.4) is 0 Å². The highest BCUT2D eigenvalue weighted by Crippen LogP contribution is 2.19. The number of carbonyl (C=O) groups excluding carboxylic acids is 3. The molecular formula is C18H24N4O4S. The maximum absolute atomic E-state index is 12.2. The molecule has 0 unspecified atom stereocenters. The molecule has 0 spiro atoms. The number of rotatable bonds is 6. The van der Waals surface area contributed by atoms with Gasteiger partial charge in [0.15, 0.2) is 0 Å². The smallest absolute Gasteiger partial charge is 0.282 e. The molecule has 2 heterocycles. The molecule has 2 aliphatic heterocycles. The lowest BCUT2D eigenvalue weighted by molar-refractivity contribution is -0.133. The van der Waals surface area contributed by atoms with Crippen LogP contribution in [0.15, 0.2) is 24.3 Å². The molecule has 0 saturated carbocycles. The average molecular weight is 392 g/mol. The van der Waals surface area contributed by atoms with Crippen molar-refractivity contribution in [3.63, 3.8) is 0 Å². The van der Waals surface area contributed by atoms with Crippen molar-refractivity contribution in [1.82, 2.24) is 9.80 Å². The predicted molar refractivity (Wildman–Crippen MR) is 105 cm³/mol. The second-order valence-electron chi connectivity index (χ2n) is 6.48. The van der Waals surface area contributed by atoms with Crippen LogP contribution in [0.1, 0.15) is 0 Å². The van der Waals surface area contributed by atoms with E-state index in [1.807, 2.05) is 24.3 Å². The number of nitrogens with one attached hydrogen (secondary N) is 1. The molecule has 8 nitrogen and oxygen atoms in total. The lowest BCUT2D eigenvalue weighted by Gasteiger charge is -2.29. The predicted octanol–water partition coefficient (Wildman–Crippen LogP) is 1.09. The van der Waals surface area contributed by atoms with Crippen LogP contribution in [-0.4, -0.2) is 85.6 Å². The van der Waals surface area contributed by atoms with E-state index in [0.717, 1.165) is 32.0 Å². The van der Waals surface area contributed by atoms with Gasteiger partial charge in [0.2, 0.25) is 11.8 Å². The zero-order valence-electron chi connectivity index (χ0n) is 15.3. The van der Waals surface area contributed by atoms with Crippen molar-refractivity contribution in [2.75, 3.05) is 69.0 Å². The molecule has 0 aliphatic carbocycles. The Hall–Kier alpha value is -2.26. The summed E-state index contributed by atoms with van der Waals surface area (Å²) in [5.41, 5.74) is 1.78. The quantitative estimate of drug-likeness (QED) is 0.780. The molecule has 3 amide bonds. The fraction of sp³-hybridized carbons (Fsp3) is 0.500. The van der Waals surface area contributed by atoms with E-state index in [4.69, 9.17) is 4.74 Å². The Kier molecular flexibility index (Phi) is 6.57. The highest BCUT2D eigenvalue weighted by Gasteiger charge is 2.25. The highest BCUT2D eigenvalue weighted by molar-refractivity contribution is 8.13. The molecule has 0 atom stereocenters. The number of ether oxygens (including phenoxy) is 1. The van der Waals surface area contributed by atoms with E-state index in [0.29, 0.717) is 18.0 Å². The number of amides is 3. The van der Waals surface area contributed by atoms with Crippen molar-refractivity contribution in [2.24, 2.45) is 0 Å². The van der Waals surface area contributed by atoms with Crippen LogP contribution in [0.5, 0.6) is 0 Å². The number of nitrogens with zero attached hydrogens (tertiary/aromatic N) is 3. The minimum absolute atomic E-state index is 0.0177. The minimum atomic E-state index is -0.271. The van der Waals surface area contributed by atoms with Crippen LogP contribution in [0.4, 0.5) is 16.2 Å². The van der Waals surface area contributed by atoms with Gasteiger partial charge in [0, 0.05) is 43.8 Å². The average Bonchev–Trinajstić information content (AvgIpc) is 3.07. The summed E-state index contributed by atoms with van der Waals surface area (Å²) < 4.78 is 5.35. The van der Waals surface area contributed by atoms with Gasteiger partial charge < -0.3 is 24.8 Å². The summed E-state index contributed by atoms with van der Waals surface area (Å²) in [6.45, 7) is 3.70. The number of hydrogen-bond donors (Lipinski definition) is 1. The Morgan fingerprint density at radius 1 is 1.19 bits per heavy atom. The van der Waals surface area contributed by atoms with Gasteiger partial charge in [-0.25, -0.2) is 0 Å². The van der Waals surface area contributed by atoms with Crippen molar-refractivity contribution in [3.8, 4) is 0 Å². The lowest BCUT2D eigenvalue weighted by Crippen LogP contribution is -2.41. The van der Waals surface area contributed by atoms with E-state index >= 15 is 0 Å². The first-order valence-corrected chi connectivity index (χ1v) is 9.90. The van der Waals surface area contributed by atoms with E-state index in [1.54, 1.807) is 7.05 Å². The molecule has 2 fully saturated rings. The number of benzene rings is 1. The molecule has 0 radical (unpaired) electrons. The van der Waals surface area contributed by atoms with Gasteiger partial charge in [0.05, 0.1) is 19.8 Å². The fourth-order valence-corrected chi connectivity index (χ4v) is 3.76. The fourth-order valence-electron chi connectivity index (χ4n) is 2.93. The van der Waals surface area contributed by atoms with Gasteiger partial charge in [-0.15, -0.1) is 0 Å². The summed E-state index contributed by atoms with van der Waals surface area (Å²) in [5, 5.41) is 2.72. The Balaban J connectivity index is 1.46. The van der Waals surface area contributed by atoms with E-state index in [2.05, 4.69) is 10.2 Å². The molecule has 1 aromatic rings. The Morgan fingerprint density at radius 3 is 2.52 bits per heavy atom. The van der Waals surface area contributed by atoms with Crippen molar-refractivity contribution in [3.05, 3.63) is 24.3 Å². The van der Waals surface area contributed by atoms with Gasteiger partial charge in [0.1, 0.15) is 6.54 Å². The third-order valence-electron chi connectivity index (χ3n) is 4.50. The summed E-state index contributed by atoms with van der Waals surface area (Å²) in [6, 6.07) is 7.63. The summed E-state index contributed by atoms with van der Waals surface area (Å²) in [6.07, 6.45) is 0. The maximum Gasteiger partial charge on any atom is 0.282 e. The largest absolute Gasteiger partial charge is 0.378 e. The van der Waals surface area contributed by atoms with Gasteiger partial charge in [0.25, 0.3) is 5.24 Å². The summed E-state index contributed by atoms with van der Waals surface area (Å²) in [5.74, 6) is 0.187. The normalized spacial score (nSPS) is 17.1. The van der Waals surface area contributed by atoms with Crippen LogP contribution in [-0.2, 0) is 14.3 Å². The van der Waals surface area contributed by atoms with Crippen LogP contribution in [0.25, 0.3) is 0 Å². The van der Waals surface area contributed by atoms with Gasteiger partial charge in [-0.05, 0) is 24.3 Å². The molecule has 1 aromatic carbocycles. The number of hydrogen-bond acceptors (Lipinski definition) is 6. The lowest BCUT2D eigenvalue weighted by atomic mass is 10.2. The maximum atomic E-state index is 12.2. The molecule has 146 valence electrons. The molecular weight excluding hydrogens is 368 g/mol. The second-order valence-corrected chi connectivity index (χ2v) is 7.53. The third kappa shape index (κ3) is 5.36. The number of morpholine rings is 1. The second kappa shape index (κ2) is 9.09. The zero-order valence-corrected chi connectivity index (χ0v) is 16.2. The molecule has 0 aromatic heterocycles. The van der Waals surface area contributed by atoms with Crippen LogP contribution >= 0.6 is 11.8 Å². The first kappa shape index (κ1) is 19.5. The van der Waals surface area contributed by atoms with E-state index < -0.39 is 0 Å². The summed E-state index contributed by atoms with van der Waals surface area (Å²) in [4.78, 5) is 41.0. The van der Waals surface area contributed by atoms with Crippen molar-refractivity contribution in [2.45, 2.75) is 0 Å². The molecule has 0 bridgehead atoms. The van der Waals surface area contributed by atoms with Crippen LogP contribution in [0, 0.1) is 0 Å². The molecule has 2 saturated heterocycles. The first-order chi connectivity index (χ1) is 13.0. The summed E-state index contributed by atoms with van der Waals surface area (Å²) >= 11 is 1.21. The van der Waals surface area contributed by atoms with E-state index in [1.165, 1.54) is 21.6 Å². The van der Waals surface area contributed by atoms with Crippen LogP contribution in [0.2, 0.25) is 0 Å².